The van der Waals surface area contributed by atoms with Crippen LogP contribution in [0.2, 0.25) is 0 Å². The Kier molecular flexibility index (Phi) is 8.21. The van der Waals surface area contributed by atoms with Crippen molar-refractivity contribution < 1.29 is 20.4 Å². The average molecular weight is 473 g/mol. The van der Waals surface area contributed by atoms with Crippen LogP contribution >= 0.6 is 0 Å². The van der Waals surface area contributed by atoms with Crippen molar-refractivity contribution in [3.63, 3.8) is 0 Å². The molecule has 0 saturated heterocycles. The predicted octanol–water partition coefficient (Wildman–Crippen LogP) is 4.81. The summed E-state index contributed by atoms with van der Waals surface area (Å²) < 4.78 is 0. The number of aromatic amines is 1. The van der Waals surface area contributed by atoms with Gasteiger partial charge in [-0.2, -0.15) is 0 Å². The number of phenols is 1. The van der Waals surface area contributed by atoms with Gasteiger partial charge in [0.1, 0.15) is 5.75 Å². The Bertz CT molecular complexity index is 1180. The zero-order valence-electron chi connectivity index (χ0n) is 19.5. The van der Waals surface area contributed by atoms with Gasteiger partial charge in [-0.1, -0.05) is 48.5 Å². The summed E-state index contributed by atoms with van der Waals surface area (Å²) >= 11 is 0. The molecule has 1 aromatic heterocycles. The predicted molar refractivity (Wildman–Crippen MR) is 137 cm³/mol. The van der Waals surface area contributed by atoms with Gasteiger partial charge < -0.3 is 30.7 Å². The fraction of sp³-hybridized carbons (Fsp3) is 0.241. The van der Waals surface area contributed by atoms with Gasteiger partial charge in [0.05, 0.1) is 18.8 Å². The normalized spacial score (nSPS) is 13.8. The first kappa shape index (κ1) is 24.5. The Morgan fingerprint density at radius 1 is 0.800 bits per heavy atom. The molecule has 4 aromatic rings. The largest absolute Gasteiger partial charge is 0.508 e. The van der Waals surface area contributed by atoms with Crippen LogP contribution in [-0.2, 0) is 13.0 Å². The maximum atomic E-state index is 10.9. The third kappa shape index (κ3) is 6.51. The van der Waals surface area contributed by atoms with E-state index < -0.39 is 12.2 Å². The van der Waals surface area contributed by atoms with Gasteiger partial charge in [0, 0.05) is 35.6 Å². The van der Waals surface area contributed by atoms with Crippen LogP contribution in [0.3, 0.4) is 0 Å². The second-order valence-corrected chi connectivity index (χ2v) is 8.83. The zero-order valence-corrected chi connectivity index (χ0v) is 19.5. The first-order valence-electron chi connectivity index (χ1n) is 11.8. The summed E-state index contributed by atoms with van der Waals surface area (Å²) in [5, 5.41) is 43.8. The highest BCUT2D eigenvalue weighted by Gasteiger charge is 2.20. The number of hydrogen-bond donors (Lipinski definition) is 6. The van der Waals surface area contributed by atoms with Crippen LogP contribution in [-0.4, -0.2) is 32.0 Å². The van der Waals surface area contributed by atoms with Crippen molar-refractivity contribution in [2.75, 3.05) is 11.9 Å². The van der Waals surface area contributed by atoms with Crippen molar-refractivity contribution in [2.45, 2.75) is 37.6 Å². The lowest BCUT2D eigenvalue weighted by molar-refractivity contribution is 0.156. The van der Waals surface area contributed by atoms with Crippen molar-refractivity contribution in [1.29, 1.82) is 0 Å². The highest BCUT2D eigenvalue weighted by Crippen LogP contribution is 2.32. The molecular weight excluding hydrogens is 440 g/mol. The van der Waals surface area contributed by atoms with Gasteiger partial charge >= 0.3 is 0 Å². The third-order valence-corrected chi connectivity index (χ3v) is 6.35. The monoisotopic (exact) mass is 472 g/mol. The number of aliphatic hydroxyl groups is 3. The minimum Gasteiger partial charge on any atom is -0.508 e. The Balaban J connectivity index is 1.40. The Morgan fingerprint density at radius 2 is 1.57 bits per heavy atom. The Hall–Kier alpha value is -3.58. The van der Waals surface area contributed by atoms with E-state index in [-0.39, 0.29) is 18.3 Å². The van der Waals surface area contributed by atoms with Gasteiger partial charge in [-0.15, -0.1) is 0 Å². The summed E-state index contributed by atoms with van der Waals surface area (Å²) in [5.41, 5.74) is 5.05. The SMILES string of the molecule is OCc1cc(C(O)CC(Cc2ccc(NCC(O)c3ccccc3)cc2)c2ccc[nH]2)ccc1O. The fourth-order valence-corrected chi connectivity index (χ4v) is 4.31. The summed E-state index contributed by atoms with van der Waals surface area (Å²) in [4.78, 5) is 3.27. The van der Waals surface area contributed by atoms with Crippen molar-refractivity contribution in [3.05, 3.63) is 119 Å². The van der Waals surface area contributed by atoms with Gasteiger partial charge in [0.25, 0.3) is 0 Å². The molecule has 6 heteroatoms. The molecule has 6 nitrogen and oxygen atoms in total. The molecule has 35 heavy (non-hydrogen) atoms. The van der Waals surface area contributed by atoms with E-state index in [1.807, 2.05) is 60.8 Å². The van der Waals surface area contributed by atoms with E-state index in [0.717, 1.165) is 28.9 Å². The van der Waals surface area contributed by atoms with Gasteiger partial charge in [0.2, 0.25) is 0 Å². The first-order valence-corrected chi connectivity index (χ1v) is 11.8. The smallest absolute Gasteiger partial charge is 0.121 e. The molecule has 0 amide bonds. The maximum Gasteiger partial charge on any atom is 0.121 e. The number of H-pyrrole nitrogens is 1. The lowest BCUT2D eigenvalue weighted by Gasteiger charge is -2.21. The minimum atomic E-state index is -0.741. The standard InChI is InChI=1S/C29H32N2O4/c32-19-24-16-22(10-13-27(24)33)28(34)17-23(26-7-4-14-30-26)15-20-8-11-25(12-9-20)31-18-29(35)21-5-2-1-3-6-21/h1-14,16,23,28-35H,15,17-19H2. The van der Waals surface area contributed by atoms with E-state index in [2.05, 4.69) is 22.4 Å². The highest BCUT2D eigenvalue weighted by atomic mass is 16.3. The summed E-state index contributed by atoms with van der Waals surface area (Å²) in [7, 11) is 0. The van der Waals surface area contributed by atoms with Crippen LogP contribution in [0.5, 0.6) is 5.75 Å². The van der Waals surface area contributed by atoms with Crippen LogP contribution < -0.4 is 5.32 Å². The van der Waals surface area contributed by atoms with Crippen molar-refractivity contribution in [3.8, 4) is 5.75 Å². The number of anilines is 1. The summed E-state index contributed by atoms with van der Waals surface area (Å²) in [6.07, 6.45) is 1.77. The van der Waals surface area contributed by atoms with Gasteiger partial charge in [0.15, 0.2) is 0 Å². The molecule has 0 spiro atoms. The van der Waals surface area contributed by atoms with Crippen LogP contribution in [0.1, 0.15) is 52.5 Å². The zero-order chi connectivity index (χ0) is 24.6. The quantitative estimate of drug-likeness (QED) is 0.188. The Morgan fingerprint density at radius 3 is 2.26 bits per heavy atom. The van der Waals surface area contributed by atoms with Crippen LogP contribution in [0.25, 0.3) is 0 Å². The molecule has 0 aliphatic rings. The average Bonchev–Trinajstić information content (AvgIpc) is 3.43. The number of rotatable bonds is 11. The van der Waals surface area contributed by atoms with E-state index in [1.54, 1.807) is 12.1 Å². The molecule has 0 aliphatic heterocycles. The van der Waals surface area contributed by atoms with Gasteiger partial charge in [-0.3, -0.25) is 0 Å². The molecule has 3 atom stereocenters. The summed E-state index contributed by atoms with van der Waals surface area (Å²) in [6, 6.07) is 26.5. The van der Waals surface area contributed by atoms with Gasteiger partial charge in [-0.25, -0.2) is 0 Å². The second kappa shape index (κ2) is 11.7. The molecule has 182 valence electrons. The minimum absolute atomic E-state index is 0.0226. The second-order valence-electron chi connectivity index (χ2n) is 8.83. The topological polar surface area (TPSA) is 109 Å². The fourth-order valence-electron chi connectivity index (χ4n) is 4.31. The van der Waals surface area contributed by atoms with E-state index >= 15 is 0 Å². The van der Waals surface area contributed by atoms with Gasteiger partial charge in [-0.05, 0) is 65.9 Å². The third-order valence-electron chi connectivity index (χ3n) is 6.35. The Labute approximate surface area is 205 Å². The van der Waals surface area contributed by atoms with E-state index in [4.69, 9.17) is 0 Å². The van der Waals surface area contributed by atoms with E-state index in [1.165, 1.54) is 6.07 Å². The number of aliphatic hydroxyl groups excluding tert-OH is 3. The van der Waals surface area contributed by atoms with Crippen LogP contribution in [0.4, 0.5) is 5.69 Å². The number of aromatic hydroxyl groups is 1. The van der Waals surface area contributed by atoms with Crippen LogP contribution in [0.15, 0.2) is 91.1 Å². The molecule has 0 aliphatic carbocycles. The van der Waals surface area contributed by atoms with E-state index in [9.17, 15) is 20.4 Å². The van der Waals surface area contributed by atoms with Crippen molar-refractivity contribution in [1.82, 2.24) is 4.98 Å². The van der Waals surface area contributed by atoms with Crippen molar-refractivity contribution in [2.24, 2.45) is 0 Å². The van der Waals surface area contributed by atoms with E-state index in [0.29, 0.717) is 24.1 Å². The molecule has 3 aromatic carbocycles. The lowest BCUT2D eigenvalue weighted by atomic mass is 9.88. The molecule has 6 N–H and O–H groups in total. The first-order chi connectivity index (χ1) is 17.0. The summed E-state index contributed by atoms with van der Waals surface area (Å²) in [5.74, 6) is 0.0689. The maximum absolute atomic E-state index is 10.9. The number of nitrogens with one attached hydrogen (secondary N) is 2. The molecule has 4 rings (SSSR count). The molecule has 0 fully saturated rings. The summed E-state index contributed by atoms with van der Waals surface area (Å²) in [6.45, 7) is 0.137. The number of hydrogen-bond acceptors (Lipinski definition) is 5. The molecule has 1 heterocycles. The van der Waals surface area contributed by atoms with Crippen molar-refractivity contribution >= 4 is 5.69 Å². The molecule has 3 unspecified atom stereocenters. The highest BCUT2D eigenvalue weighted by molar-refractivity contribution is 5.45. The number of benzene rings is 3. The van der Waals surface area contributed by atoms with Crippen LogP contribution in [0, 0.1) is 0 Å². The molecular formula is C29H32N2O4. The molecule has 0 saturated carbocycles. The molecule has 0 bridgehead atoms. The molecule has 0 radical (unpaired) electrons. The number of aromatic nitrogens is 1. The lowest BCUT2D eigenvalue weighted by Crippen LogP contribution is -2.12.